The minimum absolute atomic E-state index is 0.0100. The Kier molecular flexibility index (Phi) is 3.27. The Morgan fingerprint density at radius 3 is 2.79 bits per heavy atom. The first-order valence-electron chi connectivity index (χ1n) is 8.99. The zero-order chi connectivity index (χ0) is 16.0. The largest absolute Gasteiger partial charge is 0.469 e. The maximum atomic E-state index is 6.41. The first-order chi connectivity index (χ1) is 11.8. The molecule has 4 heteroatoms. The first kappa shape index (κ1) is 14.3. The Hall–Kier alpha value is -2.07. The molecule has 124 valence electrons. The van der Waals surface area contributed by atoms with Gasteiger partial charge >= 0.3 is 0 Å². The molecule has 1 aromatic carbocycles. The molecule has 0 amide bonds. The minimum atomic E-state index is -0.0100. The monoisotopic (exact) mass is 321 g/mol. The van der Waals surface area contributed by atoms with Crippen LogP contribution >= 0.6 is 0 Å². The average molecular weight is 321 g/mol. The van der Waals surface area contributed by atoms with Gasteiger partial charge in [-0.05, 0) is 37.6 Å². The molecule has 24 heavy (non-hydrogen) atoms. The summed E-state index contributed by atoms with van der Waals surface area (Å²) in [4.78, 5) is 7.16. The van der Waals surface area contributed by atoms with Crippen LogP contribution in [0.2, 0.25) is 0 Å². The topological polar surface area (TPSA) is 37.4 Å². The molecule has 1 aromatic heterocycles. The van der Waals surface area contributed by atoms with Crippen LogP contribution in [0.3, 0.4) is 0 Å². The summed E-state index contributed by atoms with van der Waals surface area (Å²) in [6, 6.07) is 12.7. The van der Waals surface area contributed by atoms with Gasteiger partial charge in [-0.1, -0.05) is 30.3 Å². The van der Waals surface area contributed by atoms with Gasteiger partial charge in [0.1, 0.15) is 5.60 Å². The van der Waals surface area contributed by atoms with Crippen molar-refractivity contribution in [2.45, 2.75) is 31.4 Å². The van der Waals surface area contributed by atoms with Crippen molar-refractivity contribution in [1.29, 1.82) is 0 Å². The molecule has 0 aliphatic carbocycles. The Bertz CT molecular complexity index is 740. The lowest BCUT2D eigenvalue weighted by atomic mass is 9.73. The van der Waals surface area contributed by atoms with Crippen LogP contribution in [0.1, 0.15) is 24.0 Å². The van der Waals surface area contributed by atoms with E-state index >= 15 is 0 Å². The maximum Gasteiger partial charge on any atom is 0.217 e. The quantitative estimate of drug-likeness (QED) is 0.943. The summed E-state index contributed by atoms with van der Waals surface area (Å²) >= 11 is 0. The van der Waals surface area contributed by atoms with Crippen molar-refractivity contribution in [2.75, 3.05) is 25.0 Å². The number of hydrogen-bond donors (Lipinski definition) is 1. The highest BCUT2D eigenvalue weighted by Crippen LogP contribution is 2.46. The highest BCUT2D eigenvalue weighted by Gasteiger charge is 2.52. The number of fused-ring (bicyclic) bond motifs is 3. The summed E-state index contributed by atoms with van der Waals surface area (Å²) in [5.41, 5.74) is 3.62. The Labute approximate surface area is 142 Å². The molecule has 0 radical (unpaired) electrons. The van der Waals surface area contributed by atoms with E-state index in [0.29, 0.717) is 5.92 Å². The smallest absolute Gasteiger partial charge is 0.217 e. The molecule has 4 nitrogen and oxygen atoms in total. The summed E-state index contributed by atoms with van der Waals surface area (Å²) in [6.45, 7) is 4.37. The lowest BCUT2D eigenvalue weighted by molar-refractivity contribution is -0.0814. The predicted octanol–water partition coefficient (Wildman–Crippen LogP) is 3.09. The van der Waals surface area contributed by atoms with E-state index in [-0.39, 0.29) is 5.60 Å². The van der Waals surface area contributed by atoms with Gasteiger partial charge in [-0.3, -0.25) is 4.90 Å². The zero-order valence-electron chi connectivity index (χ0n) is 13.9. The molecular weight excluding hydrogens is 298 g/mol. The molecule has 1 atom stereocenters. The van der Waals surface area contributed by atoms with Gasteiger partial charge in [-0.15, -0.1) is 0 Å². The number of aromatic nitrogens is 1. The summed E-state index contributed by atoms with van der Waals surface area (Å²) in [6.07, 6.45) is 5.46. The fraction of sp³-hybridized carbons (Fsp3) is 0.450. The van der Waals surface area contributed by atoms with E-state index in [1.54, 1.807) is 0 Å². The van der Waals surface area contributed by atoms with Gasteiger partial charge in [0.2, 0.25) is 5.88 Å². The third-order valence-corrected chi connectivity index (χ3v) is 5.88. The van der Waals surface area contributed by atoms with Crippen LogP contribution in [0, 0.1) is 5.92 Å². The highest BCUT2D eigenvalue weighted by molar-refractivity contribution is 5.49. The van der Waals surface area contributed by atoms with Crippen LogP contribution in [0.5, 0.6) is 5.88 Å². The Morgan fingerprint density at radius 1 is 1.21 bits per heavy atom. The van der Waals surface area contributed by atoms with Crippen LogP contribution < -0.4 is 10.1 Å². The van der Waals surface area contributed by atoms with Crippen molar-refractivity contribution >= 4 is 5.69 Å². The standard InChI is InChI=1S/C20H23N3O/c1-2-4-15(5-3-1)12-21-18-10-16-11-20(24-19(16)22-13-18)14-23-8-6-17(20)7-9-23/h1-5,10,13,17,21H,6-9,11-12,14H2/t20-/m0/s1. The van der Waals surface area contributed by atoms with Crippen LogP contribution in [0.25, 0.3) is 0 Å². The maximum absolute atomic E-state index is 6.41. The molecule has 2 bridgehead atoms. The van der Waals surface area contributed by atoms with Crippen LogP contribution in [0.4, 0.5) is 5.69 Å². The number of nitrogens with zero attached hydrogens (tertiary/aromatic N) is 2. The molecule has 3 saturated heterocycles. The normalized spacial score (nSPS) is 30.2. The number of rotatable bonds is 3. The van der Waals surface area contributed by atoms with Gasteiger partial charge in [0.05, 0.1) is 11.9 Å². The van der Waals surface area contributed by atoms with Gasteiger partial charge < -0.3 is 10.1 Å². The van der Waals surface area contributed by atoms with Crippen molar-refractivity contribution in [1.82, 2.24) is 9.88 Å². The van der Waals surface area contributed by atoms with Crippen molar-refractivity contribution in [2.24, 2.45) is 5.92 Å². The van der Waals surface area contributed by atoms with E-state index in [1.807, 2.05) is 12.3 Å². The van der Waals surface area contributed by atoms with Gasteiger partial charge in [0.15, 0.2) is 0 Å². The van der Waals surface area contributed by atoms with Gasteiger partial charge in [0, 0.05) is 31.0 Å². The Morgan fingerprint density at radius 2 is 2.04 bits per heavy atom. The van der Waals surface area contributed by atoms with Crippen molar-refractivity contribution in [3.05, 3.63) is 53.7 Å². The number of hydrogen-bond acceptors (Lipinski definition) is 4. The molecule has 0 saturated carbocycles. The average Bonchev–Trinajstić information content (AvgIpc) is 2.98. The number of anilines is 1. The molecule has 4 aliphatic heterocycles. The van der Waals surface area contributed by atoms with E-state index in [1.165, 1.54) is 37.1 Å². The summed E-state index contributed by atoms with van der Waals surface area (Å²) in [5, 5.41) is 3.49. The number of pyridine rings is 1. The molecular formula is C20H23N3O. The fourth-order valence-corrected chi connectivity index (χ4v) is 4.60. The summed E-state index contributed by atoms with van der Waals surface area (Å²) < 4.78 is 6.41. The number of benzene rings is 1. The molecule has 3 fully saturated rings. The Balaban J connectivity index is 1.33. The van der Waals surface area contributed by atoms with E-state index < -0.39 is 0 Å². The number of piperidine rings is 3. The molecule has 4 aliphatic rings. The lowest BCUT2D eigenvalue weighted by Gasteiger charge is -2.50. The van der Waals surface area contributed by atoms with Gasteiger partial charge in [-0.25, -0.2) is 4.98 Å². The second kappa shape index (κ2) is 5.49. The van der Waals surface area contributed by atoms with E-state index in [9.17, 15) is 0 Å². The van der Waals surface area contributed by atoms with E-state index in [4.69, 9.17) is 4.74 Å². The molecule has 2 aromatic rings. The van der Waals surface area contributed by atoms with E-state index in [2.05, 4.69) is 45.5 Å². The second-order valence-corrected chi connectivity index (χ2v) is 7.42. The number of nitrogens with one attached hydrogen (secondary N) is 1. The molecule has 0 unspecified atom stereocenters. The van der Waals surface area contributed by atoms with E-state index in [0.717, 1.165) is 31.1 Å². The minimum Gasteiger partial charge on any atom is -0.469 e. The van der Waals surface area contributed by atoms with Crippen molar-refractivity contribution in [3.63, 3.8) is 0 Å². The van der Waals surface area contributed by atoms with Crippen LogP contribution in [0.15, 0.2) is 42.6 Å². The fourth-order valence-electron chi connectivity index (χ4n) is 4.60. The number of ether oxygens (including phenoxy) is 1. The zero-order valence-corrected chi connectivity index (χ0v) is 13.9. The predicted molar refractivity (Wildman–Crippen MR) is 94.2 cm³/mol. The third kappa shape index (κ3) is 2.37. The molecule has 6 rings (SSSR count). The summed E-state index contributed by atoms with van der Waals surface area (Å²) in [5.74, 6) is 1.55. The summed E-state index contributed by atoms with van der Waals surface area (Å²) in [7, 11) is 0. The van der Waals surface area contributed by atoms with Crippen molar-refractivity contribution in [3.8, 4) is 5.88 Å². The second-order valence-electron chi connectivity index (χ2n) is 7.42. The van der Waals surface area contributed by atoms with Crippen LogP contribution in [-0.2, 0) is 13.0 Å². The van der Waals surface area contributed by atoms with Crippen molar-refractivity contribution < 1.29 is 4.74 Å². The molecule has 5 heterocycles. The lowest BCUT2D eigenvalue weighted by Crippen LogP contribution is -2.61. The molecule has 1 N–H and O–H groups in total. The third-order valence-electron chi connectivity index (χ3n) is 5.88. The van der Waals surface area contributed by atoms with Gasteiger partial charge in [-0.2, -0.15) is 0 Å². The van der Waals surface area contributed by atoms with Crippen LogP contribution in [-0.4, -0.2) is 35.1 Å². The first-order valence-corrected chi connectivity index (χ1v) is 8.99. The highest BCUT2D eigenvalue weighted by atomic mass is 16.5. The SMILES string of the molecule is c1ccc(CNc2cnc3c(c2)C[C@@]2(CN4CCC2CC4)O3)cc1. The van der Waals surface area contributed by atoms with Gasteiger partial charge in [0.25, 0.3) is 0 Å². The molecule has 1 spiro atoms.